The molecule has 0 bridgehead atoms. The van der Waals surface area contributed by atoms with Gasteiger partial charge in [0.1, 0.15) is 13.2 Å². The lowest BCUT2D eigenvalue weighted by atomic mass is 10.0. The fraction of sp³-hybridized carbons (Fsp3) is 0.936. The van der Waals surface area contributed by atoms with Gasteiger partial charge in [-0.25, -0.2) is 0 Å². The highest BCUT2D eigenvalue weighted by atomic mass is 16.6. The van der Waals surface area contributed by atoms with Crippen molar-refractivity contribution in [1.29, 1.82) is 0 Å². The number of esters is 3. The summed E-state index contributed by atoms with van der Waals surface area (Å²) in [6.45, 7) is 6.63. The summed E-state index contributed by atoms with van der Waals surface area (Å²) in [6.07, 6.45) is 43.7. The Kier molecular flexibility index (Phi) is 41.8. The summed E-state index contributed by atoms with van der Waals surface area (Å²) in [5.41, 5.74) is 0. The van der Waals surface area contributed by atoms with E-state index in [-0.39, 0.29) is 31.1 Å². The molecule has 1 atom stereocenters. The van der Waals surface area contributed by atoms with E-state index in [1.807, 2.05) is 0 Å². The van der Waals surface area contributed by atoms with Gasteiger partial charge in [-0.05, 0) is 19.3 Å². The van der Waals surface area contributed by atoms with Crippen molar-refractivity contribution in [3.63, 3.8) is 0 Å². The number of rotatable bonds is 43. The van der Waals surface area contributed by atoms with E-state index in [2.05, 4.69) is 20.8 Å². The minimum absolute atomic E-state index is 0.0627. The van der Waals surface area contributed by atoms with Crippen molar-refractivity contribution in [2.24, 2.45) is 0 Å². The van der Waals surface area contributed by atoms with E-state index in [0.29, 0.717) is 19.3 Å². The van der Waals surface area contributed by atoms with Crippen molar-refractivity contribution < 1.29 is 28.6 Å². The smallest absolute Gasteiger partial charge is 0.306 e. The molecule has 1 unspecified atom stereocenters. The van der Waals surface area contributed by atoms with E-state index in [0.717, 1.165) is 57.8 Å². The Bertz CT molecular complexity index is 783. The van der Waals surface area contributed by atoms with Crippen LogP contribution in [-0.4, -0.2) is 37.2 Å². The van der Waals surface area contributed by atoms with Crippen molar-refractivity contribution in [1.82, 2.24) is 0 Å². The number of hydrogen-bond donors (Lipinski definition) is 0. The summed E-state index contributed by atoms with van der Waals surface area (Å²) in [7, 11) is 0. The fourth-order valence-electron chi connectivity index (χ4n) is 7.03. The molecule has 0 aromatic rings. The highest BCUT2D eigenvalue weighted by molar-refractivity contribution is 5.71. The Morgan fingerprint density at radius 2 is 0.509 bits per heavy atom. The lowest BCUT2D eigenvalue weighted by molar-refractivity contribution is -0.167. The molecule has 0 radical (unpaired) electrons. The van der Waals surface area contributed by atoms with Crippen molar-refractivity contribution in [3.05, 3.63) is 0 Å². The summed E-state index contributed by atoms with van der Waals surface area (Å²) in [5.74, 6) is -0.853. The third kappa shape index (κ3) is 41.4. The molecule has 0 spiro atoms. The SMILES string of the molecule is CCCCCCCCCCCCCCCCCC(=O)OCC(COC(=O)CCCCCCCCCC)OC(=O)CCCCCCCCCCCCCC. The maximum absolute atomic E-state index is 12.7. The van der Waals surface area contributed by atoms with Crippen molar-refractivity contribution >= 4 is 17.9 Å². The van der Waals surface area contributed by atoms with Crippen molar-refractivity contribution in [2.45, 2.75) is 271 Å². The summed E-state index contributed by atoms with van der Waals surface area (Å²) < 4.78 is 16.7. The predicted octanol–water partition coefficient (Wildman–Crippen LogP) is 14.9. The lowest BCUT2D eigenvalue weighted by Crippen LogP contribution is -2.30. The topological polar surface area (TPSA) is 78.9 Å². The number of unbranched alkanes of at least 4 members (excludes halogenated alkanes) is 32. The zero-order valence-corrected chi connectivity index (χ0v) is 35.8. The molecule has 0 aromatic carbocycles. The second kappa shape index (κ2) is 43.1. The molecule has 0 aliphatic rings. The van der Waals surface area contributed by atoms with Gasteiger partial charge in [-0.2, -0.15) is 0 Å². The average Bonchev–Trinajstić information content (AvgIpc) is 3.15. The van der Waals surface area contributed by atoms with Gasteiger partial charge in [0.15, 0.2) is 6.10 Å². The van der Waals surface area contributed by atoms with Gasteiger partial charge in [0.2, 0.25) is 0 Å². The van der Waals surface area contributed by atoms with Crippen LogP contribution >= 0.6 is 0 Å². The molecule has 6 heteroatoms. The Morgan fingerprint density at radius 1 is 0.302 bits per heavy atom. The van der Waals surface area contributed by atoms with Crippen LogP contribution in [0, 0.1) is 0 Å². The molecule has 314 valence electrons. The molecule has 0 rings (SSSR count). The third-order valence-electron chi connectivity index (χ3n) is 10.6. The summed E-state index contributed by atoms with van der Waals surface area (Å²) >= 11 is 0. The van der Waals surface area contributed by atoms with Gasteiger partial charge in [0.05, 0.1) is 0 Å². The number of carbonyl (C=O) groups excluding carboxylic acids is 3. The Hall–Kier alpha value is -1.59. The molecule has 0 heterocycles. The van der Waals surface area contributed by atoms with Crippen molar-refractivity contribution in [3.8, 4) is 0 Å². The van der Waals surface area contributed by atoms with Gasteiger partial charge in [-0.15, -0.1) is 0 Å². The zero-order chi connectivity index (χ0) is 38.7. The van der Waals surface area contributed by atoms with Crippen LogP contribution in [0.25, 0.3) is 0 Å². The first kappa shape index (κ1) is 51.4. The van der Waals surface area contributed by atoms with Crippen LogP contribution in [0.4, 0.5) is 0 Å². The van der Waals surface area contributed by atoms with Gasteiger partial charge in [0.25, 0.3) is 0 Å². The van der Waals surface area contributed by atoms with Gasteiger partial charge in [-0.3, -0.25) is 14.4 Å². The highest BCUT2D eigenvalue weighted by Gasteiger charge is 2.19. The maximum Gasteiger partial charge on any atom is 0.306 e. The quantitative estimate of drug-likeness (QED) is 0.0351. The predicted molar refractivity (Wildman–Crippen MR) is 224 cm³/mol. The molecule has 0 N–H and O–H groups in total. The van der Waals surface area contributed by atoms with Gasteiger partial charge in [-0.1, -0.05) is 226 Å². The van der Waals surface area contributed by atoms with Gasteiger partial charge in [0, 0.05) is 19.3 Å². The van der Waals surface area contributed by atoms with E-state index in [1.54, 1.807) is 0 Å². The monoisotopic (exact) mass is 751 g/mol. The molecule has 0 saturated carbocycles. The first-order valence-electron chi connectivity index (χ1n) is 23.5. The summed E-state index contributed by atoms with van der Waals surface area (Å²) in [6, 6.07) is 0. The average molecular weight is 751 g/mol. The molecule has 0 aliphatic heterocycles. The van der Waals surface area contributed by atoms with Gasteiger partial charge < -0.3 is 14.2 Å². The van der Waals surface area contributed by atoms with Crippen LogP contribution < -0.4 is 0 Å². The van der Waals surface area contributed by atoms with Crippen LogP contribution in [0.2, 0.25) is 0 Å². The van der Waals surface area contributed by atoms with E-state index >= 15 is 0 Å². The largest absolute Gasteiger partial charge is 0.462 e. The first-order chi connectivity index (χ1) is 26.0. The Morgan fingerprint density at radius 3 is 0.755 bits per heavy atom. The summed E-state index contributed by atoms with van der Waals surface area (Å²) in [5, 5.41) is 0. The molecule has 0 amide bonds. The molecule has 6 nitrogen and oxygen atoms in total. The fourth-order valence-corrected chi connectivity index (χ4v) is 7.03. The van der Waals surface area contributed by atoms with E-state index in [1.165, 1.54) is 167 Å². The minimum Gasteiger partial charge on any atom is -0.462 e. The van der Waals surface area contributed by atoms with Crippen LogP contribution in [0.3, 0.4) is 0 Å². The van der Waals surface area contributed by atoms with Gasteiger partial charge >= 0.3 is 17.9 Å². The second-order valence-corrected chi connectivity index (χ2v) is 16.0. The first-order valence-corrected chi connectivity index (χ1v) is 23.5. The van der Waals surface area contributed by atoms with Crippen LogP contribution in [0.1, 0.15) is 265 Å². The number of hydrogen-bond acceptors (Lipinski definition) is 6. The molecule has 0 aromatic heterocycles. The molecule has 0 saturated heterocycles. The Labute approximate surface area is 329 Å². The standard InChI is InChI=1S/C47H90O6/c1-4-7-10-13-16-19-21-23-24-25-27-28-31-34-37-40-46(49)52-43-44(42-51-45(48)39-36-33-30-18-15-12-9-6-3)53-47(50)41-38-35-32-29-26-22-20-17-14-11-8-5-2/h44H,4-43H2,1-3H3. The molecular formula is C47H90O6. The third-order valence-corrected chi connectivity index (χ3v) is 10.6. The molecule has 0 fully saturated rings. The van der Waals surface area contributed by atoms with E-state index in [9.17, 15) is 14.4 Å². The normalized spacial score (nSPS) is 11.8. The minimum atomic E-state index is -0.757. The second-order valence-electron chi connectivity index (χ2n) is 16.0. The number of ether oxygens (including phenoxy) is 3. The number of carbonyl (C=O) groups is 3. The van der Waals surface area contributed by atoms with Crippen LogP contribution in [0.5, 0.6) is 0 Å². The zero-order valence-electron chi connectivity index (χ0n) is 35.8. The Balaban J connectivity index is 4.26. The summed E-state index contributed by atoms with van der Waals surface area (Å²) in [4.78, 5) is 37.6. The van der Waals surface area contributed by atoms with E-state index < -0.39 is 6.10 Å². The molecule has 0 aliphatic carbocycles. The van der Waals surface area contributed by atoms with Crippen LogP contribution in [0.15, 0.2) is 0 Å². The highest BCUT2D eigenvalue weighted by Crippen LogP contribution is 2.16. The lowest BCUT2D eigenvalue weighted by Gasteiger charge is -2.18. The van der Waals surface area contributed by atoms with E-state index in [4.69, 9.17) is 14.2 Å². The maximum atomic E-state index is 12.7. The molecular weight excluding hydrogens is 661 g/mol. The van der Waals surface area contributed by atoms with Crippen LogP contribution in [-0.2, 0) is 28.6 Å². The molecule has 53 heavy (non-hydrogen) atoms. The van der Waals surface area contributed by atoms with Crippen molar-refractivity contribution in [2.75, 3.05) is 13.2 Å².